The SMILES string of the molecule is OC1CCc2c(cnn2C2CCCCC2)C1. The van der Waals surface area contributed by atoms with Crippen molar-refractivity contribution in [3.05, 3.63) is 17.5 Å². The Hall–Kier alpha value is -0.830. The fraction of sp³-hybridized carbons (Fsp3) is 0.769. The summed E-state index contributed by atoms with van der Waals surface area (Å²) in [6, 6.07) is 0.632. The third-order valence-corrected chi connectivity index (χ3v) is 4.08. The molecule has 0 amide bonds. The van der Waals surface area contributed by atoms with Gasteiger partial charge in [-0.1, -0.05) is 19.3 Å². The van der Waals surface area contributed by atoms with Crippen LogP contribution in [0.25, 0.3) is 0 Å². The zero-order chi connectivity index (χ0) is 11.0. The predicted molar refractivity (Wildman–Crippen MR) is 62.4 cm³/mol. The molecule has 0 bridgehead atoms. The summed E-state index contributed by atoms with van der Waals surface area (Å²) in [4.78, 5) is 0. The maximum Gasteiger partial charge on any atom is 0.0585 e. The summed E-state index contributed by atoms with van der Waals surface area (Å²) in [6.07, 6.45) is 11.2. The Morgan fingerprint density at radius 2 is 2.00 bits per heavy atom. The molecule has 0 spiro atoms. The highest BCUT2D eigenvalue weighted by molar-refractivity contribution is 5.22. The highest BCUT2D eigenvalue weighted by Crippen LogP contribution is 2.31. The van der Waals surface area contributed by atoms with Gasteiger partial charge in [-0.2, -0.15) is 5.10 Å². The molecule has 1 saturated carbocycles. The Labute approximate surface area is 96.5 Å². The molecular formula is C13H20N2O. The molecule has 88 valence electrons. The van der Waals surface area contributed by atoms with Crippen molar-refractivity contribution in [2.75, 3.05) is 0 Å². The number of hydrogen-bond donors (Lipinski definition) is 1. The van der Waals surface area contributed by atoms with E-state index in [4.69, 9.17) is 0 Å². The first-order valence-electron chi connectivity index (χ1n) is 6.58. The average molecular weight is 220 g/mol. The van der Waals surface area contributed by atoms with Gasteiger partial charge >= 0.3 is 0 Å². The van der Waals surface area contributed by atoms with Crippen LogP contribution in [0.1, 0.15) is 55.8 Å². The van der Waals surface area contributed by atoms with Crippen LogP contribution in [0.5, 0.6) is 0 Å². The fourth-order valence-electron chi connectivity index (χ4n) is 3.17. The third-order valence-electron chi connectivity index (χ3n) is 4.08. The van der Waals surface area contributed by atoms with E-state index in [2.05, 4.69) is 9.78 Å². The van der Waals surface area contributed by atoms with Crippen molar-refractivity contribution in [1.29, 1.82) is 0 Å². The number of nitrogens with zero attached hydrogens (tertiary/aromatic N) is 2. The van der Waals surface area contributed by atoms with Gasteiger partial charge in [0, 0.05) is 12.1 Å². The van der Waals surface area contributed by atoms with Crippen molar-refractivity contribution in [3.63, 3.8) is 0 Å². The van der Waals surface area contributed by atoms with Crippen molar-refractivity contribution in [1.82, 2.24) is 9.78 Å². The van der Waals surface area contributed by atoms with Crippen LogP contribution in [0, 0.1) is 0 Å². The third kappa shape index (κ3) is 1.77. The van der Waals surface area contributed by atoms with Crippen molar-refractivity contribution < 1.29 is 5.11 Å². The quantitative estimate of drug-likeness (QED) is 0.788. The summed E-state index contributed by atoms with van der Waals surface area (Å²) in [5.41, 5.74) is 2.68. The number of aliphatic hydroxyl groups is 1. The number of aromatic nitrogens is 2. The second kappa shape index (κ2) is 4.21. The molecule has 3 rings (SSSR count). The van der Waals surface area contributed by atoms with Gasteiger partial charge in [0.2, 0.25) is 0 Å². The lowest BCUT2D eigenvalue weighted by Gasteiger charge is -2.26. The average Bonchev–Trinajstić information content (AvgIpc) is 2.73. The topological polar surface area (TPSA) is 38.1 Å². The Morgan fingerprint density at radius 3 is 2.81 bits per heavy atom. The molecule has 0 radical (unpaired) electrons. The first kappa shape index (κ1) is 10.3. The zero-order valence-corrected chi connectivity index (χ0v) is 9.73. The van der Waals surface area contributed by atoms with Gasteiger partial charge in [0.25, 0.3) is 0 Å². The minimum Gasteiger partial charge on any atom is -0.393 e. The summed E-state index contributed by atoms with van der Waals surface area (Å²) in [5.74, 6) is 0. The van der Waals surface area contributed by atoms with E-state index in [-0.39, 0.29) is 6.10 Å². The smallest absolute Gasteiger partial charge is 0.0585 e. The zero-order valence-electron chi connectivity index (χ0n) is 9.73. The molecule has 2 aliphatic carbocycles. The summed E-state index contributed by atoms with van der Waals surface area (Å²) in [6.45, 7) is 0. The van der Waals surface area contributed by atoms with Crippen LogP contribution in [0.2, 0.25) is 0 Å². The summed E-state index contributed by atoms with van der Waals surface area (Å²) >= 11 is 0. The standard InChI is InChI=1S/C13H20N2O/c16-12-6-7-13-10(8-12)9-14-15(13)11-4-2-1-3-5-11/h9,11-12,16H,1-8H2. The van der Waals surface area contributed by atoms with Gasteiger partial charge in [0.15, 0.2) is 0 Å². The van der Waals surface area contributed by atoms with Gasteiger partial charge in [-0.25, -0.2) is 0 Å². The maximum absolute atomic E-state index is 9.64. The highest BCUT2D eigenvalue weighted by atomic mass is 16.3. The van der Waals surface area contributed by atoms with E-state index in [0.29, 0.717) is 6.04 Å². The summed E-state index contributed by atoms with van der Waals surface area (Å²) < 4.78 is 2.26. The van der Waals surface area contributed by atoms with Crippen LogP contribution < -0.4 is 0 Å². The Balaban J connectivity index is 1.85. The van der Waals surface area contributed by atoms with Crippen LogP contribution in [0.3, 0.4) is 0 Å². The van der Waals surface area contributed by atoms with Crippen LogP contribution in [-0.2, 0) is 12.8 Å². The lowest BCUT2D eigenvalue weighted by atomic mass is 9.92. The van der Waals surface area contributed by atoms with Gasteiger partial charge < -0.3 is 5.11 Å². The second-order valence-corrected chi connectivity index (χ2v) is 5.25. The maximum atomic E-state index is 9.64. The number of rotatable bonds is 1. The normalized spacial score (nSPS) is 26.7. The van der Waals surface area contributed by atoms with Crippen LogP contribution >= 0.6 is 0 Å². The number of fused-ring (bicyclic) bond motifs is 1. The fourth-order valence-corrected chi connectivity index (χ4v) is 3.17. The number of hydrogen-bond acceptors (Lipinski definition) is 2. The molecule has 1 aromatic rings. The first-order chi connectivity index (χ1) is 7.84. The molecular weight excluding hydrogens is 200 g/mol. The summed E-state index contributed by atoms with van der Waals surface area (Å²) in [7, 11) is 0. The molecule has 1 atom stereocenters. The van der Waals surface area contributed by atoms with E-state index in [1.54, 1.807) is 0 Å². The van der Waals surface area contributed by atoms with E-state index < -0.39 is 0 Å². The lowest BCUT2D eigenvalue weighted by molar-refractivity contribution is 0.156. The second-order valence-electron chi connectivity index (χ2n) is 5.25. The van der Waals surface area contributed by atoms with Crippen LogP contribution in [0.15, 0.2) is 6.20 Å². The summed E-state index contributed by atoms with van der Waals surface area (Å²) in [5, 5.41) is 14.2. The van der Waals surface area contributed by atoms with E-state index >= 15 is 0 Å². The van der Waals surface area contributed by atoms with Crippen molar-refractivity contribution in [2.45, 2.75) is 63.5 Å². The molecule has 1 aromatic heterocycles. The molecule has 16 heavy (non-hydrogen) atoms. The van der Waals surface area contributed by atoms with Gasteiger partial charge in [0.05, 0.1) is 18.3 Å². The number of aliphatic hydroxyl groups excluding tert-OH is 1. The van der Waals surface area contributed by atoms with E-state index in [1.165, 1.54) is 43.4 Å². The molecule has 3 heteroatoms. The molecule has 1 unspecified atom stereocenters. The minimum absolute atomic E-state index is 0.142. The molecule has 1 heterocycles. The Morgan fingerprint density at radius 1 is 1.19 bits per heavy atom. The highest BCUT2D eigenvalue weighted by Gasteiger charge is 2.24. The largest absolute Gasteiger partial charge is 0.393 e. The van der Waals surface area contributed by atoms with Gasteiger partial charge in [0.1, 0.15) is 0 Å². The van der Waals surface area contributed by atoms with E-state index in [0.717, 1.165) is 19.3 Å². The Bertz CT molecular complexity index is 366. The predicted octanol–water partition coefficient (Wildman–Crippen LogP) is 2.24. The van der Waals surface area contributed by atoms with E-state index in [1.807, 2.05) is 6.20 Å². The van der Waals surface area contributed by atoms with Crippen molar-refractivity contribution in [2.24, 2.45) is 0 Å². The van der Waals surface area contributed by atoms with Crippen molar-refractivity contribution in [3.8, 4) is 0 Å². The molecule has 1 fully saturated rings. The molecule has 3 nitrogen and oxygen atoms in total. The van der Waals surface area contributed by atoms with Crippen molar-refractivity contribution >= 4 is 0 Å². The molecule has 0 saturated heterocycles. The van der Waals surface area contributed by atoms with Gasteiger partial charge in [-0.3, -0.25) is 4.68 Å². The Kier molecular flexibility index (Phi) is 2.72. The minimum atomic E-state index is -0.142. The first-order valence-corrected chi connectivity index (χ1v) is 6.58. The van der Waals surface area contributed by atoms with Gasteiger partial charge in [-0.05, 0) is 31.2 Å². The molecule has 0 aromatic carbocycles. The van der Waals surface area contributed by atoms with Crippen LogP contribution in [0.4, 0.5) is 0 Å². The molecule has 1 N–H and O–H groups in total. The van der Waals surface area contributed by atoms with Gasteiger partial charge in [-0.15, -0.1) is 0 Å². The molecule has 0 aliphatic heterocycles. The lowest BCUT2D eigenvalue weighted by Crippen LogP contribution is -2.22. The monoisotopic (exact) mass is 220 g/mol. The molecule has 2 aliphatic rings. The van der Waals surface area contributed by atoms with Crippen LogP contribution in [-0.4, -0.2) is 21.0 Å². The van der Waals surface area contributed by atoms with E-state index in [9.17, 15) is 5.11 Å².